The molecule has 4 aromatic rings. The van der Waals surface area contributed by atoms with Crippen LogP contribution in [0.25, 0.3) is 16.6 Å². The van der Waals surface area contributed by atoms with Crippen LogP contribution in [0.1, 0.15) is 33.3 Å². The predicted molar refractivity (Wildman–Crippen MR) is 178 cm³/mol. The number of carbonyl (C=O) groups is 1. The van der Waals surface area contributed by atoms with Gasteiger partial charge in [-0.3, -0.25) is 9.36 Å². The molecule has 1 N–H and O–H groups in total. The molecule has 3 aromatic carbocycles. The number of fused-ring (bicyclic) bond motifs is 1. The van der Waals surface area contributed by atoms with E-state index < -0.39 is 11.4 Å². The third-order valence-electron chi connectivity index (χ3n) is 7.35. The second-order valence-electron chi connectivity index (χ2n) is 11.7. The van der Waals surface area contributed by atoms with Gasteiger partial charge < -0.3 is 24.0 Å². The van der Waals surface area contributed by atoms with Crippen LogP contribution < -0.4 is 19.9 Å². The first kappa shape index (κ1) is 32.6. The van der Waals surface area contributed by atoms with E-state index in [-0.39, 0.29) is 34.1 Å². The zero-order valence-electron chi connectivity index (χ0n) is 26.4. The maximum atomic E-state index is 14.9. The fourth-order valence-electron chi connectivity index (χ4n) is 4.81. The summed E-state index contributed by atoms with van der Waals surface area (Å²) >= 11 is 1.28. The van der Waals surface area contributed by atoms with Crippen molar-refractivity contribution in [3.63, 3.8) is 0 Å². The Bertz CT molecular complexity index is 1830. The van der Waals surface area contributed by atoms with Crippen molar-refractivity contribution in [3.05, 3.63) is 82.7 Å². The predicted octanol–water partition coefficient (Wildman–Crippen LogP) is 6.17. The number of aromatic nitrogens is 2. The van der Waals surface area contributed by atoms with Gasteiger partial charge in [0.2, 0.25) is 0 Å². The lowest BCUT2D eigenvalue weighted by atomic mass is 10.1. The number of hydrogen-bond acceptors (Lipinski definition) is 10. The number of carbonyl (C=O) groups excluding carboxylic acids is 1. The SMILES string of the molecule is CCN(C)SNc1ccc(F)c(Oc2ccc3ncn(-c4ccc(N5CCN(C(=O)OC(C)(C)C)CC5)cc4)c(=O)c3c2)c1C#N. The van der Waals surface area contributed by atoms with Gasteiger partial charge in [-0.05, 0) is 82.4 Å². The molecule has 0 atom stereocenters. The van der Waals surface area contributed by atoms with Crippen molar-refractivity contribution in [3.8, 4) is 23.3 Å². The maximum Gasteiger partial charge on any atom is 0.410 e. The molecule has 13 heteroatoms. The van der Waals surface area contributed by atoms with Crippen LogP contribution in [0, 0.1) is 17.1 Å². The van der Waals surface area contributed by atoms with Gasteiger partial charge in [-0.1, -0.05) is 6.92 Å². The number of halogens is 1. The molecule has 0 saturated carbocycles. The largest absolute Gasteiger partial charge is 0.453 e. The second-order valence-corrected chi connectivity index (χ2v) is 12.7. The summed E-state index contributed by atoms with van der Waals surface area (Å²) in [7, 11) is 1.88. The average Bonchev–Trinajstić information content (AvgIpc) is 3.04. The molecule has 0 unspecified atom stereocenters. The summed E-state index contributed by atoms with van der Waals surface area (Å²) in [5.74, 6) is -0.750. The Morgan fingerprint density at radius 1 is 1.09 bits per heavy atom. The van der Waals surface area contributed by atoms with Crippen molar-refractivity contribution in [2.45, 2.75) is 33.3 Å². The molecule has 240 valence electrons. The molecule has 0 bridgehead atoms. The lowest BCUT2D eigenvalue weighted by Gasteiger charge is -2.36. The monoisotopic (exact) mass is 645 g/mol. The van der Waals surface area contributed by atoms with E-state index in [9.17, 15) is 19.2 Å². The molecule has 1 fully saturated rings. The van der Waals surface area contributed by atoms with Gasteiger partial charge in [-0.2, -0.15) is 5.26 Å². The van der Waals surface area contributed by atoms with E-state index in [1.54, 1.807) is 17.0 Å². The minimum Gasteiger partial charge on any atom is -0.453 e. The number of rotatable bonds is 8. The number of nitrogens with one attached hydrogen (secondary N) is 1. The van der Waals surface area contributed by atoms with Crippen LogP contribution >= 0.6 is 12.1 Å². The van der Waals surface area contributed by atoms with E-state index >= 15 is 0 Å². The summed E-state index contributed by atoms with van der Waals surface area (Å²) in [5, 5.41) is 10.1. The van der Waals surface area contributed by atoms with Crippen molar-refractivity contribution >= 4 is 40.5 Å². The van der Waals surface area contributed by atoms with Gasteiger partial charge in [0.05, 0.1) is 22.3 Å². The fourth-order valence-corrected chi connectivity index (χ4v) is 5.36. The van der Waals surface area contributed by atoms with Crippen molar-refractivity contribution in [2.24, 2.45) is 0 Å². The molecule has 1 aliphatic heterocycles. The van der Waals surface area contributed by atoms with E-state index in [0.717, 1.165) is 12.2 Å². The van der Waals surface area contributed by atoms with Crippen molar-refractivity contribution < 1.29 is 18.7 Å². The fraction of sp³-hybridized carbons (Fsp3) is 0.333. The van der Waals surface area contributed by atoms with Crippen LogP contribution in [-0.2, 0) is 4.74 Å². The first-order valence-corrected chi connectivity index (χ1v) is 15.6. The quantitative estimate of drug-likeness (QED) is 0.223. The highest BCUT2D eigenvalue weighted by molar-refractivity contribution is 7.98. The lowest BCUT2D eigenvalue weighted by molar-refractivity contribution is 0.0240. The van der Waals surface area contributed by atoms with E-state index in [1.165, 1.54) is 41.2 Å². The molecule has 0 aliphatic carbocycles. The van der Waals surface area contributed by atoms with Crippen LogP contribution in [0.2, 0.25) is 0 Å². The second kappa shape index (κ2) is 13.7. The highest BCUT2D eigenvalue weighted by atomic mass is 32.2. The van der Waals surface area contributed by atoms with Gasteiger partial charge in [0.15, 0.2) is 11.6 Å². The van der Waals surface area contributed by atoms with Crippen LogP contribution in [0.3, 0.4) is 0 Å². The third-order valence-corrected chi connectivity index (χ3v) is 8.23. The number of ether oxygens (including phenoxy) is 2. The summed E-state index contributed by atoms with van der Waals surface area (Å²) in [6, 6.07) is 17.0. The van der Waals surface area contributed by atoms with Crippen LogP contribution in [0.5, 0.6) is 11.5 Å². The summed E-state index contributed by atoms with van der Waals surface area (Å²) in [6.45, 7) is 10.7. The van der Waals surface area contributed by atoms with Gasteiger partial charge in [0.25, 0.3) is 5.56 Å². The van der Waals surface area contributed by atoms with E-state index in [0.29, 0.717) is 43.1 Å². The van der Waals surface area contributed by atoms with Crippen molar-refractivity contribution in [1.29, 1.82) is 5.26 Å². The summed E-state index contributed by atoms with van der Waals surface area (Å²) in [5.41, 5.74) is 1.58. The van der Waals surface area contributed by atoms with Gasteiger partial charge in [0.1, 0.15) is 29.3 Å². The summed E-state index contributed by atoms with van der Waals surface area (Å²) in [6.07, 6.45) is 1.16. The summed E-state index contributed by atoms with van der Waals surface area (Å²) < 4.78 is 32.7. The molecule has 46 heavy (non-hydrogen) atoms. The molecule has 1 aromatic heterocycles. The van der Waals surface area contributed by atoms with E-state index in [1.807, 2.05) is 69.4 Å². The van der Waals surface area contributed by atoms with E-state index in [2.05, 4.69) is 14.6 Å². The summed E-state index contributed by atoms with van der Waals surface area (Å²) in [4.78, 5) is 34.4. The van der Waals surface area contributed by atoms with Gasteiger partial charge in [-0.25, -0.2) is 18.5 Å². The highest BCUT2D eigenvalue weighted by Crippen LogP contribution is 2.35. The Morgan fingerprint density at radius 2 is 1.78 bits per heavy atom. The number of nitriles is 1. The number of piperazine rings is 1. The number of benzene rings is 3. The van der Waals surface area contributed by atoms with Gasteiger partial charge in [0, 0.05) is 50.5 Å². The number of hydrogen-bond donors (Lipinski definition) is 1. The van der Waals surface area contributed by atoms with Gasteiger partial charge >= 0.3 is 6.09 Å². The Kier molecular flexibility index (Phi) is 9.69. The normalized spacial score (nSPS) is 13.5. The molecule has 1 aliphatic rings. The molecular formula is C33H36FN7O4S. The smallest absolute Gasteiger partial charge is 0.410 e. The Balaban J connectivity index is 1.34. The molecule has 2 heterocycles. The standard InChI is InChI=1S/C33H36FN7O4S/c1-6-38(5)46-37-29-14-12-27(34)30(26(29)20-35)44-24-11-13-28-25(19-24)31(42)41(21-36-28)23-9-7-22(8-10-23)39-15-17-40(18-16-39)32(43)45-33(2,3)4/h7-14,19,21,37H,6,15-18H2,1-5H3. The molecule has 0 spiro atoms. The van der Waals surface area contributed by atoms with Crippen LogP contribution in [0.4, 0.5) is 20.6 Å². The molecule has 11 nitrogen and oxygen atoms in total. The first-order valence-electron chi connectivity index (χ1n) is 14.9. The Hall–Kier alpha value is -4.80. The maximum absolute atomic E-state index is 14.9. The highest BCUT2D eigenvalue weighted by Gasteiger charge is 2.26. The molecular weight excluding hydrogens is 609 g/mol. The topological polar surface area (TPSA) is 116 Å². The van der Waals surface area contributed by atoms with E-state index in [4.69, 9.17) is 9.47 Å². The molecule has 5 rings (SSSR count). The van der Waals surface area contributed by atoms with Crippen LogP contribution in [-0.4, -0.2) is 70.2 Å². The molecule has 0 radical (unpaired) electrons. The van der Waals surface area contributed by atoms with Crippen LogP contribution in [0.15, 0.2) is 65.7 Å². The average molecular weight is 646 g/mol. The number of amides is 1. The minimum absolute atomic E-state index is 0.00652. The lowest BCUT2D eigenvalue weighted by Crippen LogP contribution is -2.50. The van der Waals surface area contributed by atoms with Crippen molar-refractivity contribution in [1.82, 2.24) is 18.8 Å². The number of anilines is 2. The minimum atomic E-state index is -0.703. The zero-order chi connectivity index (χ0) is 33.0. The Labute approximate surface area is 271 Å². The first-order chi connectivity index (χ1) is 22.0. The molecule has 1 amide bonds. The Morgan fingerprint density at radius 3 is 2.43 bits per heavy atom. The third kappa shape index (κ3) is 7.35. The van der Waals surface area contributed by atoms with Crippen molar-refractivity contribution in [2.75, 3.05) is 49.4 Å². The molecule has 1 saturated heterocycles. The zero-order valence-corrected chi connectivity index (χ0v) is 27.2. The van der Waals surface area contributed by atoms with Gasteiger partial charge in [-0.15, -0.1) is 0 Å². The number of nitrogens with zero attached hydrogens (tertiary/aromatic N) is 6.